The molecule has 2 aliphatic heterocycles. The molecule has 2 saturated heterocycles. The minimum atomic E-state index is 0. The molecule has 24 heavy (non-hydrogen) atoms. The first-order valence-electron chi connectivity index (χ1n) is 8.33. The summed E-state index contributed by atoms with van der Waals surface area (Å²) < 4.78 is 5.38. The lowest BCUT2D eigenvalue weighted by molar-refractivity contribution is 0.110. The molecule has 136 valence electrons. The van der Waals surface area contributed by atoms with Gasteiger partial charge in [-0.05, 0) is 19.0 Å². The van der Waals surface area contributed by atoms with E-state index in [4.69, 9.17) is 4.74 Å². The Bertz CT molecular complexity index is 499. The van der Waals surface area contributed by atoms with Gasteiger partial charge in [0.05, 0.1) is 7.11 Å². The van der Waals surface area contributed by atoms with Gasteiger partial charge in [-0.15, -0.1) is 24.8 Å². The summed E-state index contributed by atoms with van der Waals surface area (Å²) in [5.41, 5.74) is 1.15. The largest absolute Gasteiger partial charge is 0.496 e. The third-order valence-electron chi connectivity index (χ3n) is 4.76. The Kier molecular flexibility index (Phi) is 9.71. The molecule has 3 rings (SSSR count). The molecule has 0 bridgehead atoms. The summed E-state index contributed by atoms with van der Waals surface area (Å²) in [6.45, 7) is 8.14. The van der Waals surface area contributed by atoms with E-state index in [1.807, 2.05) is 12.1 Å². The lowest BCUT2D eigenvalue weighted by Gasteiger charge is -2.37. The van der Waals surface area contributed by atoms with Gasteiger partial charge in [-0.1, -0.05) is 30.4 Å². The van der Waals surface area contributed by atoms with Crippen LogP contribution in [0.1, 0.15) is 12.0 Å². The molecular weight excluding hydrogens is 345 g/mol. The highest BCUT2D eigenvalue weighted by Crippen LogP contribution is 2.18. The predicted octanol–water partition coefficient (Wildman–Crippen LogP) is 2.53. The maximum atomic E-state index is 5.38. The average molecular weight is 374 g/mol. The second-order valence-electron chi connectivity index (χ2n) is 6.13. The molecule has 0 aromatic heterocycles. The Balaban J connectivity index is 0.00000144. The fourth-order valence-electron chi connectivity index (χ4n) is 3.40. The van der Waals surface area contributed by atoms with Crippen LogP contribution >= 0.6 is 24.8 Å². The van der Waals surface area contributed by atoms with Crippen molar-refractivity contribution in [2.45, 2.75) is 12.5 Å². The smallest absolute Gasteiger partial charge is 0.126 e. The number of methoxy groups -OCH3 is 1. The highest BCUT2D eigenvalue weighted by Gasteiger charge is 2.25. The Morgan fingerprint density at radius 1 is 1.17 bits per heavy atom. The third-order valence-corrected chi connectivity index (χ3v) is 4.76. The fraction of sp³-hybridized carbons (Fsp3) is 0.556. The molecular formula is C18H29Cl2N3O. The molecule has 1 N–H and O–H groups in total. The van der Waals surface area contributed by atoms with Crippen LogP contribution in [0.3, 0.4) is 0 Å². The fourth-order valence-corrected chi connectivity index (χ4v) is 3.40. The van der Waals surface area contributed by atoms with Crippen molar-refractivity contribution < 1.29 is 4.74 Å². The second kappa shape index (κ2) is 11.0. The number of para-hydroxylation sites is 1. The van der Waals surface area contributed by atoms with E-state index in [2.05, 4.69) is 39.4 Å². The van der Waals surface area contributed by atoms with Crippen molar-refractivity contribution in [2.75, 3.05) is 52.9 Å². The summed E-state index contributed by atoms with van der Waals surface area (Å²) in [5.74, 6) is 0.942. The van der Waals surface area contributed by atoms with E-state index in [1.165, 1.54) is 45.7 Å². The number of hydrogen-bond donors (Lipinski definition) is 1. The van der Waals surface area contributed by atoms with E-state index in [0.29, 0.717) is 0 Å². The highest BCUT2D eigenvalue weighted by molar-refractivity contribution is 5.85. The Hall–Kier alpha value is -0.780. The molecule has 1 atom stereocenters. The number of nitrogens with zero attached hydrogens (tertiary/aromatic N) is 2. The zero-order valence-corrected chi connectivity index (χ0v) is 16.0. The normalized spacial score (nSPS) is 22.1. The average Bonchev–Trinajstić information content (AvgIpc) is 3.10. The standard InChI is InChI=1S/C18H27N3O.2ClH/c1-22-18-7-3-2-5-16(18)6-4-10-20-11-13-21(14-12-20)17-8-9-19-15-17;;/h2-7,17,19H,8-15H2,1H3;2*1H/b6-4+;;. The molecule has 1 unspecified atom stereocenters. The van der Waals surface area contributed by atoms with Gasteiger partial charge in [-0.2, -0.15) is 0 Å². The van der Waals surface area contributed by atoms with E-state index in [1.54, 1.807) is 7.11 Å². The van der Waals surface area contributed by atoms with Crippen LogP contribution < -0.4 is 10.1 Å². The van der Waals surface area contributed by atoms with Crippen molar-refractivity contribution in [3.05, 3.63) is 35.9 Å². The van der Waals surface area contributed by atoms with Crippen LogP contribution in [-0.2, 0) is 0 Å². The maximum Gasteiger partial charge on any atom is 0.126 e. The Morgan fingerprint density at radius 2 is 1.92 bits per heavy atom. The number of benzene rings is 1. The molecule has 1 aromatic rings. The highest BCUT2D eigenvalue weighted by atomic mass is 35.5. The first-order chi connectivity index (χ1) is 10.9. The first kappa shape index (κ1) is 21.3. The van der Waals surface area contributed by atoms with Crippen LogP contribution in [0.2, 0.25) is 0 Å². The molecule has 0 radical (unpaired) electrons. The molecule has 0 aliphatic carbocycles. The minimum absolute atomic E-state index is 0. The monoisotopic (exact) mass is 373 g/mol. The molecule has 6 heteroatoms. The second-order valence-corrected chi connectivity index (χ2v) is 6.13. The van der Waals surface area contributed by atoms with Crippen molar-refractivity contribution in [2.24, 2.45) is 0 Å². The molecule has 1 aromatic carbocycles. The van der Waals surface area contributed by atoms with Gasteiger partial charge in [0.1, 0.15) is 5.75 Å². The summed E-state index contributed by atoms with van der Waals surface area (Å²) in [7, 11) is 1.73. The molecule has 0 amide bonds. The van der Waals surface area contributed by atoms with Gasteiger partial charge in [0.25, 0.3) is 0 Å². The summed E-state index contributed by atoms with van der Waals surface area (Å²) in [6, 6.07) is 8.93. The van der Waals surface area contributed by atoms with Crippen LogP contribution in [0, 0.1) is 0 Å². The number of piperazine rings is 1. The van der Waals surface area contributed by atoms with Crippen molar-refractivity contribution in [3.8, 4) is 5.75 Å². The Morgan fingerprint density at radius 3 is 2.58 bits per heavy atom. The van der Waals surface area contributed by atoms with Gasteiger partial charge in [0.2, 0.25) is 0 Å². The van der Waals surface area contributed by atoms with Gasteiger partial charge in [0.15, 0.2) is 0 Å². The van der Waals surface area contributed by atoms with Gasteiger partial charge < -0.3 is 10.1 Å². The van der Waals surface area contributed by atoms with Gasteiger partial charge in [-0.25, -0.2) is 0 Å². The summed E-state index contributed by atoms with van der Waals surface area (Å²) in [4.78, 5) is 5.19. The number of ether oxygens (including phenoxy) is 1. The number of halogens is 2. The quantitative estimate of drug-likeness (QED) is 0.857. The Labute approximate surface area is 158 Å². The molecule has 0 saturated carbocycles. The lowest BCUT2D eigenvalue weighted by Crippen LogP contribution is -2.50. The van der Waals surface area contributed by atoms with Crippen molar-refractivity contribution >= 4 is 30.9 Å². The van der Waals surface area contributed by atoms with Crippen LogP contribution in [0.25, 0.3) is 6.08 Å². The van der Waals surface area contributed by atoms with Crippen LogP contribution in [0.5, 0.6) is 5.75 Å². The molecule has 0 spiro atoms. The summed E-state index contributed by atoms with van der Waals surface area (Å²) in [6.07, 6.45) is 5.74. The topological polar surface area (TPSA) is 27.7 Å². The van der Waals surface area contributed by atoms with Crippen molar-refractivity contribution in [1.82, 2.24) is 15.1 Å². The van der Waals surface area contributed by atoms with Crippen LogP contribution in [0.4, 0.5) is 0 Å². The van der Waals surface area contributed by atoms with E-state index in [0.717, 1.165) is 23.9 Å². The van der Waals surface area contributed by atoms with Gasteiger partial charge >= 0.3 is 0 Å². The van der Waals surface area contributed by atoms with Gasteiger partial charge in [0, 0.05) is 50.9 Å². The number of rotatable bonds is 5. The van der Waals surface area contributed by atoms with E-state index in [9.17, 15) is 0 Å². The molecule has 2 fully saturated rings. The summed E-state index contributed by atoms with van der Waals surface area (Å²) in [5, 5.41) is 3.47. The maximum absolute atomic E-state index is 5.38. The molecule has 2 heterocycles. The van der Waals surface area contributed by atoms with Crippen molar-refractivity contribution in [3.63, 3.8) is 0 Å². The van der Waals surface area contributed by atoms with E-state index >= 15 is 0 Å². The van der Waals surface area contributed by atoms with E-state index < -0.39 is 0 Å². The molecule has 4 nitrogen and oxygen atoms in total. The minimum Gasteiger partial charge on any atom is -0.496 e. The third kappa shape index (κ3) is 5.64. The lowest BCUT2D eigenvalue weighted by atomic mass is 10.1. The van der Waals surface area contributed by atoms with Gasteiger partial charge in [-0.3, -0.25) is 9.80 Å². The number of nitrogens with one attached hydrogen (secondary N) is 1. The van der Waals surface area contributed by atoms with E-state index in [-0.39, 0.29) is 24.8 Å². The zero-order valence-electron chi connectivity index (χ0n) is 14.3. The van der Waals surface area contributed by atoms with Crippen LogP contribution in [0.15, 0.2) is 30.3 Å². The summed E-state index contributed by atoms with van der Waals surface area (Å²) >= 11 is 0. The number of hydrogen-bond acceptors (Lipinski definition) is 4. The predicted molar refractivity (Wildman–Crippen MR) is 106 cm³/mol. The molecule has 2 aliphatic rings. The van der Waals surface area contributed by atoms with Crippen LogP contribution in [-0.4, -0.2) is 68.8 Å². The van der Waals surface area contributed by atoms with Crippen molar-refractivity contribution in [1.29, 1.82) is 0 Å². The SMILES string of the molecule is COc1ccccc1/C=C/CN1CCN(C2CCNC2)CC1.Cl.Cl. The first-order valence-corrected chi connectivity index (χ1v) is 8.33. The zero-order chi connectivity index (χ0) is 15.2.